The van der Waals surface area contributed by atoms with Crippen molar-refractivity contribution >= 4 is 59.1 Å². The first kappa shape index (κ1) is 24.6. The van der Waals surface area contributed by atoms with E-state index < -0.39 is 32.0 Å². The summed E-state index contributed by atoms with van der Waals surface area (Å²) in [5.41, 5.74) is 0.582. The number of primary sulfonamides is 1. The summed E-state index contributed by atoms with van der Waals surface area (Å²) in [4.78, 5) is 17.5. The largest absolute Gasteiger partial charge is 0.305 e. The van der Waals surface area contributed by atoms with Crippen LogP contribution in [0.5, 0.6) is 0 Å². The number of terminal acetylenes is 1. The van der Waals surface area contributed by atoms with Crippen molar-refractivity contribution in [1.29, 1.82) is 0 Å². The maximum Gasteiger partial charge on any atom is 0.266 e. The minimum Gasteiger partial charge on any atom is -0.305 e. The maximum atomic E-state index is 13.1. The number of halogens is 1. The van der Waals surface area contributed by atoms with Crippen molar-refractivity contribution in [3.8, 4) is 12.3 Å². The lowest BCUT2D eigenvalue weighted by molar-refractivity contribution is -0.121. The minimum absolute atomic E-state index is 0.0383. The van der Waals surface area contributed by atoms with Crippen LogP contribution in [0, 0.1) is 12.3 Å². The zero-order valence-electron chi connectivity index (χ0n) is 17.6. The molecule has 0 bridgehead atoms. The van der Waals surface area contributed by atoms with Crippen molar-refractivity contribution in [2.45, 2.75) is 35.2 Å². The van der Waals surface area contributed by atoms with Gasteiger partial charge in [0.05, 0.1) is 26.6 Å². The standard InChI is InChI=1S/C21H19ClN4O5S3/c1-2-11-25-17-10-9-16(33(23,28)29)13-19(17)32-21(25)24-20(27)18-4-3-12-26(18)34(30,31)15-7-5-14(22)6-8-15/h1,5-10,13,18H,3-4,11-12H2,(H2,23,28,29). The zero-order chi connectivity index (χ0) is 24.7. The van der Waals surface area contributed by atoms with Gasteiger partial charge in [-0.15, -0.1) is 6.42 Å². The van der Waals surface area contributed by atoms with E-state index in [4.69, 9.17) is 23.2 Å². The van der Waals surface area contributed by atoms with Crippen molar-refractivity contribution < 1.29 is 21.6 Å². The molecule has 1 atom stereocenters. The van der Waals surface area contributed by atoms with E-state index in [1.165, 1.54) is 36.4 Å². The molecule has 3 aromatic rings. The fraction of sp³-hybridized carbons (Fsp3) is 0.238. The molecule has 0 spiro atoms. The van der Waals surface area contributed by atoms with Crippen molar-refractivity contribution in [1.82, 2.24) is 8.87 Å². The van der Waals surface area contributed by atoms with Gasteiger partial charge in [0.25, 0.3) is 5.91 Å². The van der Waals surface area contributed by atoms with Gasteiger partial charge in [0.1, 0.15) is 6.04 Å². The number of hydrogen-bond acceptors (Lipinski definition) is 6. The van der Waals surface area contributed by atoms with Gasteiger partial charge < -0.3 is 4.57 Å². The van der Waals surface area contributed by atoms with Crippen molar-refractivity contribution in [3.05, 3.63) is 52.3 Å². The molecule has 0 radical (unpaired) electrons. The first-order valence-electron chi connectivity index (χ1n) is 9.98. The van der Waals surface area contributed by atoms with E-state index in [0.29, 0.717) is 28.1 Å². The SMILES string of the molecule is C#CCn1c(=NC(=O)C2CCCN2S(=O)(=O)c2ccc(Cl)cc2)sc2cc(S(N)(=O)=O)ccc21. The molecule has 1 aromatic heterocycles. The van der Waals surface area contributed by atoms with Crippen LogP contribution in [0.1, 0.15) is 12.8 Å². The predicted octanol–water partition coefficient (Wildman–Crippen LogP) is 1.92. The number of benzene rings is 2. The number of hydrogen-bond donors (Lipinski definition) is 1. The summed E-state index contributed by atoms with van der Waals surface area (Å²) in [5.74, 6) is 1.86. The van der Waals surface area contributed by atoms with E-state index in [1.807, 2.05) is 0 Å². The lowest BCUT2D eigenvalue weighted by Crippen LogP contribution is -2.40. The molecule has 2 heterocycles. The summed E-state index contributed by atoms with van der Waals surface area (Å²) in [6, 6.07) is 9.04. The Morgan fingerprint density at radius 2 is 1.85 bits per heavy atom. The number of nitrogens with two attached hydrogens (primary N) is 1. The van der Waals surface area contributed by atoms with Gasteiger partial charge in [-0.05, 0) is 55.3 Å². The summed E-state index contributed by atoms with van der Waals surface area (Å²) in [7, 11) is -7.85. The summed E-state index contributed by atoms with van der Waals surface area (Å²) < 4.78 is 53.0. The topological polar surface area (TPSA) is 132 Å². The second-order valence-corrected chi connectivity index (χ2v) is 12.4. The van der Waals surface area contributed by atoms with Gasteiger partial charge in [0.15, 0.2) is 4.80 Å². The third-order valence-corrected chi connectivity index (χ3v) is 9.47. The van der Waals surface area contributed by atoms with E-state index in [1.54, 1.807) is 10.6 Å². The van der Waals surface area contributed by atoms with Crippen LogP contribution in [0.15, 0.2) is 57.2 Å². The molecule has 1 aliphatic heterocycles. The smallest absolute Gasteiger partial charge is 0.266 e. The van der Waals surface area contributed by atoms with E-state index in [9.17, 15) is 21.6 Å². The van der Waals surface area contributed by atoms with Crippen LogP contribution in [-0.4, -0.2) is 44.2 Å². The molecular formula is C21H19ClN4O5S3. The Bertz CT molecular complexity index is 1600. The molecule has 0 saturated carbocycles. The van der Waals surface area contributed by atoms with Gasteiger partial charge in [-0.25, -0.2) is 22.0 Å². The number of rotatable bonds is 5. The molecule has 0 aliphatic carbocycles. The normalized spacial score (nSPS) is 17.8. The Kier molecular flexibility index (Phi) is 6.69. The lowest BCUT2D eigenvalue weighted by atomic mass is 10.2. The quantitative estimate of drug-likeness (QED) is 0.496. The molecule has 4 rings (SSSR count). The van der Waals surface area contributed by atoms with Crippen LogP contribution in [0.4, 0.5) is 0 Å². The van der Waals surface area contributed by atoms with E-state index >= 15 is 0 Å². The summed E-state index contributed by atoms with van der Waals surface area (Å²) in [6.45, 7) is 0.268. The summed E-state index contributed by atoms with van der Waals surface area (Å²) in [6.07, 6.45) is 6.31. The van der Waals surface area contributed by atoms with Gasteiger partial charge in [-0.2, -0.15) is 9.30 Å². The van der Waals surface area contributed by atoms with Gasteiger partial charge in [-0.1, -0.05) is 28.9 Å². The molecule has 1 unspecified atom stereocenters. The van der Waals surface area contributed by atoms with Gasteiger partial charge >= 0.3 is 0 Å². The van der Waals surface area contributed by atoms with Gasteiger partial charge in [0.2, 0.25) is 20.0 Å². The summed E-state index contributed by atoms with van der Waals surface area (Å²) in [5, 5.41) is 5.62. The first-order valence-corrected chi connectivity index (χ1v) is 14.2. The Morgan fingerprint density at radius 3 is 2.50 bits per heavy atom. The number of carbonyl (C=O) groups is 1. The third-order valence-electron chi connectivity index (χ3n) is 5.35. The number of fused-ring (bicyclic) bond motifs is 1. The van der Waals surface area contributed by atoms with Crippen molar-refractivity contribution in [2.24, 2.45) is 10.1 Å². The van der Waals surface area contributed by atoms with Crippen LogP contribution in [0.25, 0.3) is 10.2 Å². The Morgan fingerprint density at radius 1 is 1.18 bits per heavy atom. The van der Waals surface area contributed by atoms with Crippen molar-refractivity contribution in [2.75, 3.05) is 6.54 Å². The highest BCUT2D eigenvalue weighted by atomic mass is 35.5. The molecule has 34 heavy (non-hydrogen) atoms. The van der Waals surface area contributed by atoms with Crippen molar-refractivity contribution in [3.63, 3.8) is 0 Å². The van der Waals surface area contributed by atoms with Gasteiger partial charge in [-0.3, -0.25) is 4.79 Å². The molecule has 1 saturated heterocycles. The highest BCUT2D eigenvalue weighted by Gasteiger charge is 2.39. The van der Waals surface area contributed by atoms with E-state index in [2.05, 4.69) is 10.9 Å². The van der Waals surface area contributed by atoms with Crippen LogP contribution < -0.4 is 9.94 Å². The second kappa shape index (κ2) is 9.26. The first-order chi connectivity index (χ1) is 16.0. The molecule has 13 heteroatoms. The monoisotopic (exact) mass is 538 g/mol. The van der Waals surface area contributed by atoms with E-state index in [-0.39, 0.29) is 27.7 Å². The zero-order valence-corrected chi connectivity index (χ0v) is 20.8. The highest BCUT2D eigenvalue weighted by molar-refractivity contribution is 7.89. The number of carbonyl (C=O) groups excluding carboxylic acids is 1. The fourth-order valence-corrected chi connectivity index (χ4v) is 7.21. The minimum atomic E-state index is -3.93. The summed E-state index contributed by atoms with van der Waals surface area (Å²) >= 11 is 6.93. The number of nitrogens with zero attached hydrogens (tertiary/aromatic N) is 3. The number of sulfonamides is 2. The molecule has 2 N–H and O–H groups in total. The number of amides is 1. The van der Waals surface area contributed by atoms with Crippen LogP contribution in [-0.2, 0) is 31.4 Å². The van der Waals surface area contributed by atoms with Crippen LogP contribution >= 0.6 is 22.9 Å². The van der Waals surface area contributed by atoms with Crippen LogP contribution in [0.2, 0.25) is 5.02 Å². The van der Waals surface area contributed by atoms with E-state index in [0.717, 1.165) is 15.6 Å². The second-order valence-electron chi connectivity index (χ2n) is 7.53. The molecule has 1 amide bonds. The fourth-order valence-electron chi connectivity index (χ4n) is 3.75. The third kappa shape index (κ3) is 4.68. The Hall–Kier alpha value is -2.53. The molecule has 1 fully saturated rings. The molecule has 2 aromatic carbocycles. The molecule has 9 nitrogen and oxygen atoms in total. The molecule has 178 valence electrons. The Balaban J connectivity index is 1.75. The van der Waals surface area contributed by atoms with Gasteiger partial charge in [0, 0.05) is 11.6 Å². The average Bonchev–Trinajstić information content (AvgIpc) is 3.39. The average molecular weight is 539 g/mol. The highest BCUT2D eigenvalue weighted by Crippen LogP contribution is 2.28. The number of thiazole rings is 1. The molecular weight excluding hydrogens is 520 g/mol. The lowest BCUT2D eigenvalue weighted by Gasteiger charge is -2.21. The Labute approximate surface area is 205 Å². The molecule has 1 aliphatic rings. The van der Waals surface area contributed by atoms with Crippen LogP contribution in [0.3, 0.4) is 0 Å². The number of aromatic nitrogens is 1. The maximum absolute atomic E-state index is 13.1. The predicted molar refractivity (Wildman–Crippen MR) is 129 cm³/mol.